The molecule has 0 N–H and O–H groups in total. The van der Waals surface area contributed by atoms with E-state index >= 15 is 0 Å². The van der Waals surface area contributed by atoms with Gasteiger partial charge in [0.05, 0.1) is 5.38 Å². The molecular formula is C9H6ClNO4S2. The minimum atomic E-state index is -4.94. The normalized spacial score (nSPS) is 11.5. The lowest BCUT2D eigenvalue weighted by Gasteiger charge is -2.17. The molecule has 1 aromatic carbocycles. The van der Waals surface area contributed by atoms with E-state index in [1.807, 2.05) is 11.3 Å². The molecule has 0 unspecified atom stereocenters. The summed E-state index contributed by atoms with van der Waals surface area (Å²) in [5, 5.41) is 2.12. The van der Waals surface area contributed by atoms with Crippen LogP contribution in [0, 0.1) is 10.2 Å². The molecule has 5 nitrogen and oxygen atoms in total. The molecule has 0 atom stereocenters. The van der Waals surface area contributed by atoms with Crippen LogP contribution in [0.3, 0.4) is 0 Å². The minimum absolute atomic E-state index is 1.32. The Kier molecular flexibility index (Phi) is 3.59. The molecule has 0 amide bonds. The smallest absolute Gasteiger partial charge is 0.222 e. The van der Waals surface area contributed by atoms with Crippen molar-refractivity contribution in [3.05, 3.63) is 35.8 Å². The zero-order chi connectivity index (χ0) is 12.5. The molecule has 17 heavy (non-hydrogen) atoms. The second-order valence-electron chi connectivity index (χ2n) is 2.99. The maximum absolute atomic E-state index is 8.49. The average Bonchev–Trinajstić information content (AvgIpc) is 2.73. The topological polar surface area (TPSA) is 96.3 Å². The van der Waals surface area contributed by atoms with Gasteiger partial charge in [0.25, 0.3) is 0 Å². The first kappa shape index (κ1) is 12.7. The summed E-state index contributed by atoms with van der Waals surface area (Å²) in [5.74, 6) is 0. The number of thiazole rings is 2. The first-order valence-corrected chi connectivity index (χ1v) is 7.26. The molecule has 0 aliphatic heterocycles. The van der Waals surface area contributed by atoms with E-state index in [0.717, 1.165) is 0 Å². The van der Waals surface area contributed by atoms with Crippen LogP contribution in [0.25, 0.3) is 14.4 Å². The van der Waals surface area contributed by atoms with Crippen LogP contribution in [0.5, 0.6) is 0 Å². The number of rotatable bonds is 0. The fraction of sp³-hybridized carbons (Fsp3) is 0. The highest BCUT2D eigenvalue weighted by Gasteiger charge is 2.12. The van der Waals surface area contributed by atoms with Gasteiger partial charge in [0, 0.05) is 6.07 Å². The second-order valence-corrected chi connectivity index (χ2v) is 5.93. The number of fused-ring (bicyclic) bond motifs is 3. The van der Waals surface area contributed by atoms with Gasteiger partial charge in [0.15, 0.2) is 6.20 Å². The summed E-state index contributed by atoms with van der Waals surface area (Å²) in [4.78, 5) is 0. The molecule has 0 radical (unpaired) electrons. The van der Waals surface area contributed by atoms with Gasteiger partial charge in [-0.15, -0.1) is 14.6 Å². The van der Waals surface area contributed by atoms with Crippen molar-refractivity contribution in [3.63, 3.8) is 0 Å². The molecule has 90 valence electrons. The van der Waals surface area contributed by atoms with Crippen molar-refractivity contribution in [1.82, 2.24) is 0 Å². The highest BCUT2D eigenvalue weighted by molar-refractivity contribution is 7.37. The molecule has 0 fully saturated rings. The van der Waals surface area contributed by atoms with E-state index < -0.39 is 10.2 Å². The second kappa shape index (κ2) is 4.83. The molecule has 3 rings (SSSR count). The van der Waals surface area contributed by atoms with E-state index in [9.17, 15) is 0 Å². The number of hydrogen-bond donors (Lipinski definition) is 0. The number of para-hydroxylation sites is 1. The van der Waals surface area contributed by atoms with E-state index in [1.165, 1.54) is 14.4 Å². The van der Waals surface area contributed by atoms with Crippen LogP contribution < -0.4 is 23.0 Å². The third kappa shape index (κ3) is 3.33. The van der Waals surface area contributed by atoms with Crippen LogP contribution in [0.2, 0.25) is 0 Å². The first-order valence-electron chi connectivity index (χ1n) is 4.33. The van der Waals surface area contributed by atoms with Crippen LogP contribution in [-0.2, 0) is 0 Å². The van der Waals surface area contributed by atoms with Crippen molar-refractivity contribution in [2.75, 3.05) is 0 Å². The van der Waals surface area contributed by atoms with Crippen LogP contribution in [0.4, 0.5) is 0 Å². The third-order valence-electron chi connectivity index (χ3n) is 1.90. The molecular weight excluding hydrogens is 286 g/mol. The number of aromatic nitrogens is 1. The molecule has 0 bridgehead atoms. The van der Waals surface area contributed by atoms with Crippen LogP contribution in [-0.4, -0.2) is 0 Å². The van der Waals surface area contributed by atoms with E-state index in [0.29, 0.717) is 0 Å². The van der Waals surface area contributed by atoms with Crippen LogP contribution in [0.1, 0.15) is 0 Å². The Bertz CT molecular complexity index is 624. The highest BCUT2D eigenvalue weighted by atomic mass is 35.7. The van der Waals surface area contributed by atoms with Crippen LogP contribution in [0.15, 0.2) is 35.8 Å². The van der Waals surface area contributed by atoms with Gasteiger partial charge >= 0.3 is 4.14 Å². The van der Waals surface area contributed by atoms with Crippen molar-refractivity contribution >= 4 is 37.0 Å². The molecule has 0 saturated carbocycles. The lowest BCUT2D eigenvalue weighted by Crippen LogP contribution is -2.68. The van der Waals surface area contributed by atoms with Gasteiger partial charge in [0.1, 0.15) is 4.70 Å². The van der Waals surface area contributed by atoms with Gasteiger partial charge in [-0.25, -0.2) is 18.6 Å². The number of hydrogen-bond acceptors (Lipinski definition) is 6. The summed E-state index contributed by atoms with van der Waals surface area (Å²) in [6, 6.07) is 8.49. The van der Waals surface area contributed by atoms with E-state index in [-0.39, 0.29) is 0 Å². The third-order valence-corrected chi connectivity index (χ3v) is 4.03. The Morgan fingerprint density at radius 2 is 1.71 bits per heavy atom. The minimum Gasteiger partial charge on any atom is -0.222 e. The zero-order valence-corrected chi connectivity index (χ0v) is 10.6. The fourth-order valence-corrected chi connectivity index (χ4v) is 3.42. The number of halogens is 1. The van der Waals surface area contributed by atoms with Crippen molar-refractivity contribution in [2.45, 2.75) is 0 Å². The monoisotopic (exact) mass is 291 g/mol. The van der Waals surface area contributed by atoms with Crippen molar-refractivity contribution in [2.24, 2.45) is 0 Å². The SMILES string of the molecule is [O-][Cl+3]([O-])([O-])[O-].c1ccc2c(c1)sc1scc[n+]12. The van der Waals surface area contributed by atoms with E-state index in [4.69, 9.17) is 18.6 Å². The lowest BCUT2D eigenvalue weighted by atomic mass is 10.3. The predicted molar refractivity (Wildman–Crippen MR) is 52.9 cm³/mol. The maximum Gasteiger partial charge on any atom is 0.326 e. The summed E-state index contributed by atoms with van der Waals surface area (Å²) in [7, 11) is -4.94. The summed E-state index contributed by atoms with van der Waals surface area (Å²) >= 11 is 3.64. The Morgan fingerprint density at radius 3 is 2.41 bits per heavy atom. The Labute approximate surface area is 106 Å². The van der Waals surface area contributed by atoms with Gasteiger partial charge in [-0.1, -0.05) is 34.8 Å². The van der Waals surface area contributed by atoms with Gasteiger partial charge in [-0.05, 0) is 6.07 Å². The molecule has 2 aromatic heterocycles. The Hall–Kier alpha value is -0.800. The predicted octanol–water partition coefficient (Wildman–Crippen LogP) is -2.05. The van der Waals surface area contributed by atoms with Crippen molar-refractivity contribution in [3.8, 4) is 0 Å². The van der Waals surface area contributed by atoms with Crippen molar-refractivity contribution < 1.29 is 33.3 Å². The Balaban J connectivity index is 0.000000188. The van der Waals surface area contributed by atoms with Gasteiger partial charge in [0.2, 0.25) is 5.52 Å². The fourth-order valence-electron chi connectivity index (χ4n) is 1.36. The molecule has 0 aliphatic rings. The molecule has 8 heteroatoms. The maximum atomic E-state index is 8.49. The van der Waals surface area contributed by atoms with Crippen LogP contribution >= 0.6 is 22.7 Å². The highest BCUT2D eigenvalue weighted by Crippen LogP contribution is 2.23. The largest absolute Gasteiger partial charge is 0.326 e. The molecule has 3 aromatic rings. The summed E-state index contributed by atoms with van der Waals surface area (Å²) < 4.78 is 38.9. The molecule has 0 aliphatic carbocycles. The Morgan fingerprint density at radius 1 is 1.06 bits per heavy atom. The van der Waals surface area contributed by atoms with Gasteiger partial charge < -0.3 is 0 Å². The zero-order valence-electron chi connectivity index (χ0n) is 8.24. The molecule has 2 heterocycles. The number of nitrogens with zero attached hydrogens (tertiary/aromatic N) is 1. The van der Waals surface area contributed by atoms with Gasteiger partial charge in [-0.3, -0.25) is 0 Å². The number of benzene rings is 1. The molecule has 0 spiro atoms. The summed E-state index contributed by atoms with van der Waals surface area (Å²) in [6.07, 6.45) is 2.12. The standard InChI is InChI=1S/C9H6NS2.ClHO4/c1-2-4-8-7(3-1)10-5-6-11-9(10)12-8;2-1(3,4)5/h1-6H;(H,2,3,4,5)/q+1;/p-1. The summed E-state index contributed by atoms with van der Waals surface area (Å²) in [6.45, 7) is 0. The first-order chi connectivity index (χ1) is 7.95. The summed E-state index contributed by atoms with van der Waals surface area (Å²) in [5.41, 5.74) is 1.32. The quantitative estimate of drug-likeness (QED) is 0.445. The van der Waals surface area contributed by atoms with E-state index in [1.54, 1.807) is 11.3 Å². The lowest BCUT2D eigenvalue weighted by molar-refractivity contribution is -2.00. The molecule has 0 saturated heterocycles. The average molecular weight is 292 g/mol. The van der Waals surface area contributed by atoms with Crippen molar-refractivity contribution in [1.29, 1.82) is 0 Å². The van der Waals surface area contributed by atoms with E-state index in [2.05, 4.69) is 40.2 Å². The van der Waals surface area contributed by atoms with Gasteiger partial charge in [-0.2, -0.15) is 0 Å².